The Balaban J connectivity index is 1.85. The molecular formula is C20H19Br2N3OS2. The second kappa shape index (κ2) is 9.91. The van der Waals surface area contributed by atoms with Crippen LogP contribution in [0.4, 0.5) is 5.69 Å². The van der Waals surface area contributed by atoms with E-state index >= 15 is 0 Å². The molecule has 1 aromatic heterocycles. The Morgan fingerprint density at radius 3 is 2.75 bits per heavy atom. The molecule has 0 aliphatic heterocycles. The number of carbonyl (C=O) groups is 1. The van der Waals surface area contributed by atoms with Crippen LogP contribution in [-0.4, -0.2) is 16.0 Å². The molecule has 0 radical (unpaired) electrons. The maximum Gasteiger partial charge on any atom is 0.226 e. The van der Waals surface area contributed by atoms with Crippen molar-refractivity contribution in [3.05, 3.63) is 45.3 Å². The highest BCUT2D eigenvalue weighted by Crippen LogP contribution is 2.40. The van der Waals surface area contributed by atoms with E-state index in [2.05, 4.69) is 55.5 Å². The zero-order valence-corrected chi connectivity index (χ0v) is 20.0. The average molecular weight is 541 g/mol. The molecule has 2 aromatic carbocycles. The van der Waals surface area contributed by atoms with E-state index in [4.69, 9.17) is 17.2 Å². The van der Waals surface area contributed by atoms with Gasteiger partial charge in [-0.3, -0.25) is 4.79 Å². The summed E-state index contributed by atoms with van der Waals surface area (Å²) in [6.07, 6.45) is 3.45. The maximum absolute atomic E-state index is 12.1. The van der Waals surface area contributed by atoms with Gasteiger partial charge in [0, 0.05) is 20.9 Å². The summed E-state index contributed by atoms with van der Waals surface area (Å²) in [4.78, 5) is 16.8. The van der Waals surface area contributed by atoms with E-state index in [1.54, 1.807) is 11.3 Å². The van der Waals surface area contributed by atoms with Crippen molar-refractivity contribution < 1.29 is 4.79 Å². The standard InChI is InChI=1S/C20H19Br2N3OS2/c1-2-3-4-9-17(26)24-20(27)25-18-13(10-12(21)11-14(18)22)19-23-15-7-5-6-8-16(15)28-19/h5-8,10-11H,2-4,9H2,1H3,(H2,24,25,26,27). The molecule has 1 amide bonds. The number of anilines is 1. The van der Waals surface area contributed by atoms with Crippen LogP contribution in [0.15, 0.2) is 45.3 Å². The van der Waals surface area contributed by atoms with E-state index in [9.17, 15) is 4.79 Å². The van der Waals surface area contributed by atoms with Gasteiger partial charge >= 0.3 is 0 Å². The highest BCUT2D eigenvalue weighted by Gasteiger charge is 2.16. The molecule has 3 aromatic rings. The maximum atomic E-state index is 12.1. The molecule has 0 bridgehead atoms. The number of aromatic nitrogens is 1. The predicted octanol–water partition coefficient (Wildman–Crippen LogP) is 6.88. The normalized spacial score (nSPS) is 10.8. The molecular weight excluding hydrogens is 522 g/mol. The van der Waals surface area contributed by atoms with Gasteiger partial charge in [0.25, 0.3) is 0 Å². The number of para-hydroxylation sites is 1. The van der Waals surface area contributed by atoms with Gasteiger partial charge in [-0.1, -0.05) is 47.8 Å². The van der Waals surface area contributed by atoms with E-state index in [0.29, 0.717) is 6.42 Å². The Labute approximate surface area is 190 Å². The number of nitrogens with one attached hydrogen (secondary N) is 2. The first kappa shape index (κ1) is 21.4. The van der Waals surface area contributed by atoms with Gasteiger partial charge in [0.1, 0.15) is 5.01 Å². The largest absolute Gasteiger partial charge is 0.331 e. The third-order valence-corrected chi connectivity index (χ3v) is 6.44. The summed E-state index contributed by atoms with van der Waals surface area (Å²) in [6, 6.07) is 12.0. The van der Waals surface area contributed by atoms with E-state index in [1.807, 2.05) is 30.3 Å². The second-order valence-electron chi connectivity index (χ2n) is 6.26. The fraction of sp³-hybridized carbons (Fsp3) is 0.250. The molecule has 0 fully saturated rings. The van der Waals surface area contributed by atoms with Crippen LogP contribution in [0.1, 0.15) is 32.6 Å². The molecule has 2 N–H and O–H groups in total. The minimum Gasteiger partial charge on any atom is -0.331 e. The lowest BCUT2D eigenvalue weighted by atomic mass is 10.2. The molecule has 0 atom stereocenters. The predicted molar refractivity (Wildman–Crippen MR) is 129 cm³/mol. The molecule has 0 aliphatic rings. The minimum absolute atomic E-state index is 0.0688. The molecule has 0 unspecified atom stereocenters. The van der Waals surface area contributed by atoms with E-state index in [1.165, 1.54) is 0 Å². The molecule has 146 valence electrons. The fourth-order valence-corrected chi connectivity index (χ4v) is 5.25. The van der Waals surface area contributed by atoms with Gasteiger partial charge in [-0.2, -0.15) is 0 Å². The lowest BCUT2D eigenvalue weighted by Crippen LogP contribution is -2.34. The quantitative estimate of drug-likeness (QED) is 0.264. The van der Waals surface area contributed by atoms with Crippen molar-refractivity contribution >= 4 is 82.3 Å². The van der Waals surface area contributed by atoms with Crippen LogP contribution in [0.25, 0.3) is 20.8 Å². The molecule has 0 saturated carbocycles. The second-order valence-corrected chi connectivity index (χ2v) is 9.47. The number of thiazole rings is 1. The lowest BCUT2D eigenvalue weighted by Gasteiger charge is -2.15. The number of hydrogen-bond donors (Lipinski definition) is 2. The Hall–Kier alpha value is -1.35. The monoisotopic (exact) mass is 539 g/mol. The molecule has 0 saturated heterocycles. The smallest absolute Gasteiger partial charge is 0.226 e. The number of nitrogens with zero attached hydrogens (tertiary/aromatic N) is 1. The molecule has 0 spiro atoms. The Kier molecular flexibility index (Phi) is 7.56. The van der Waals surface area contributed by atoms with Gasteiger partial charge in [0.05, 0.1) is 15.9 Å². The highest BCUT2D eigenvalue weighted by atomic mass is 79.9. The van der Waals surface area contributed by atoms with E-state index in [0.717, 1.165) is 54.7 Å². The molecule has 4 nitrogen and oxygen atoms in total. The number of hydrogen-bond acceptors (Lipinski definition) is 4. The van der Waals surface area contributed by atoms with Crippen LogP contribution in [0.5, 0.6) is 0 Å². The summed E-state index contributed by atoms with van der Waals surface area (Å²) in [6.45, 7) is 2.11. The molecule has 8 heteroatoms. The number of benzene rings is 2. The van der Waals surface area contributed by atoms with Crippen LogP contribution in [0, 0.1) is 0 Å². The van der Waals surface area contributed by atoms with Gasteiger partial charge in [-0.15, -0.1) is 11.3 Å². The van der Waals surface area contributed by atoms with Crippen LogP contribution < -0.4 is 10.6 Å². The van der Waals surface area contributed by atoms with Gasteiger partial charge in [0.2, 0.25) is 5.91 Å². The van der Waals surface area contributed by atoms with Crippen LogP contribution in [0.3, 0.4) is 0 Å². The van der Waals surface area contributed by atoms with Crippen molar-refractivity contribution in [1.82, 2.24) is 10.3 Å². The summed E-state index contributed by atoms with van der Waals surface area (Å²) in [5.74, 6) is -0.0688. The van der Waals surface area contributed by atoms with Crippen molar-refractivity contribution in [3.8, 4) is 10.6 Å². The first-order valence-electron chi connectivity index (χ1n) is 8.93. The number of amides is 1. The number of unbranched alkanes of at least 4 members (excludes halogenated alkanes) is 2. The van der Waals surface area contributed by atoms with Crippen LogP contribution in [-0.2, 0) is 4.79 Å². The van der Waals surface area contributed by atoms with Crippen molar-refractivity contribution in [2.45, 2.75) is 32.6 Å². The average Bonchev–Trinajstić information content (AvgIpc) is 3.08. The summed E-state index contributed by atoms with van der Waals surface area (Å²) in [5, 5.41) is 7.10. The molecule has 0 aliphatic carbocycles. The first-order chi connectivity index (χ1) is 13.5. The fourth-order valence-electron chi connectivity index (χ4n) is 2.73. The zero-order valence-electron chi connectivity index (χ0n) is 15.2. The first-order valence-corrected chi connectivity index (χ1v) is 11.7. The topological polar surface area (TPSA) is 54.0 Å². The van der Waals surface area contributed by atoms with Crippen LogP contribution in [0.2, 0.25) is 0 Å². The van der Waals surface area contributed by atoms with Crippen molar-refractivity contribution in [3.63, 3.8) is 0 Å². The molecule has 3 rings (SSSR count). The summed E-state index contributed by atoms with van der Waals surface area (Å²) < 4.78 is 2.87. The molecule has 1 heterocycles. The van der Waals surface area contributed by atoms with Crippen molar-refractivity contribution in [2.75, 3.05) is 5.32 Å². The number of halogens is 2. The Morgan fingerprint density at radius 2 is 2.00 bits per heavy atom. The summed E-state index contributed by atoms with van der Waals surface area (Å²) in [7, 11) is 0. The lowest BCUT2D eigenvalue weighted by molar-refractivity contribution is -0.119. The van der Waals surface area contributed by atoms with E-state index < -0.39 is 0 Å². The van der Waals surface area contributed by atoms with Crippen molar-refractivity contribution in [2.24, 2.45) is 0 Å². The van der Waals surface area contributed by atoms with Crippen molar-refractivity contribution in [1.29, 1.82) is 0 Å². The number of thiocarbonyl (C=S) groups is 1. The Morgan fingerprint density at radius 1 is 1.21 bits per heavy atom. The third kappa shape index (κ3) is 5.37. The summed E-state index contributed by atoms with van der Waals surface area (Å²) >= 11 is 14.1. The van der Waals surface area contributed by atoms with E-state index in [-0.39, 0.29) is 11.0 Å². The van der Waals surface area contributed by atoms with Gasteiger partial charge in [-0.25, -0.2) is 4.98 Å². The minimum atomic E-state index is -0.0688. The molecule has 28 heavy (non-hydrogen) atoms. The van der Waals surface area contributed by atoms with Gasteiger partial charge in [-0.05, 0) is 58.8 Å². The zero-order chi connectivity index (χ0) is 20.1. The summed E-state index contributed by atoms with van der Waals surface area (Å²) in [5.41, 5.74) is 2.64. The van der Waals surface area contributed by atoms with Gasteiger partial charge < -0.3 is 10.6 Å². The number of carbonyl (C=O) groups excluding carboxylic acids is 1. The SMILES string of the molecule is CCCCCC(=O)NC(=S)Nc1c(Br)cc(Br)cc1-c1nc2ccccc2s1. The van der Waals surface area contributed by atoms with Crippen LogP contribution >= 0.6 is 55.4 Å². The number of fused-ring (bicyclic) bond motifs is 1. The number of rotatable bonds is 6. The highest BCUT2D eigenvalue weighted by molar-refractivity contribution is 9.11. The Bertz CT molecular complexity index is 987. The third-order valence-electron chi connectivity index (χ3n) is 4.08. The van der Waals surface area contributed by atoms with Gasteiger partial charge in [0.15, 0.2) is 5.11 Å².